The van der Waals surface area contributed by atoms with E-state index in [1.807, 2.05) is 30.4 Å². The number of benzene rings is 1. The molecule has 13 heavy (non-hydrogen) atoms. The molecule has 1 aromatic rings. The molecule has 0 atom stereocenters. The van der Waals surface area contributed by atoms with Crippen LogP contribution in [0, 0.1) is 0 Å². The van der Waals surface area contributed by atoms with Crippen LogP contribution in [0.5, 0.6) is 0 Å². The second-order valence-corrected chi connectivity index (χ2v) is 3.40. The molecule has 0 bridgehead atoms. The highest BCUT2D eigenvalue weighted by atomic mass is 32.1. The molecule has 0 N–H and O–H groups in total. The number of allylic oxidation sites excluding steroid dienone is 5. The summed E-state index contributed by atoms with van der Waals surface area (Å²) in [6.45, 7) is 0. The van der Waals surface area contributed by atoms with Crippen LogP contribution in [0.3, 0.4) is 0 Å². The van der Waals surface area contributed by atoms with Crippen molar-refractivity contribution in [2.24, 2.45) is 0 Å². The molecule has 0 spiro atoms. The average Bonchev–Trinajstić information content (AvgIpc) is 2.61. The molecule has 0 fully saturated rings. The Kier molecular flexibility index (Phi) is 2.37. The summed E-state index contributed by atoms with van der Waals surface area (Å²) in [6, 6.07) is 8.08. The first-order valence-corrected chi connectivity index (χ1v) is 4.65. The summed E-state index contributed by atoms with van der Waals surface area (Å²) in [6.07, 6.45) is 10.4. The quantitative estimate of drug-likeness (QED) is 0.638. The Morgan fingerprint density at radius 1 is 1.00 bits per heavy atom. The molecule has 2 rings (SSSR count). The van der Waals surface area contributed by atoms with Crippen LogP contribution in [0.2, 0.25) is 0 Å². The van der Waals surface area contributed by atoms with E-state index in [1.165, 1.54) is 5.57 Å². The summed E-state index contributed by atoms with van der Waals surface area (Å²) in [5, 5.41) is 0. The van der Waals surface area contributed by atoms with Gasteiger partial charge in [-0.3, -0.25) is 0 Å². The Balaban J connectivity index is 2.37. The summed E-state index contributed by atoms with van der Waals surface area (Å²) in [7, 11) is 0. The third-order valence-electron chi connectivity index (χ3n) is 1.95. The SMILES string of the molecule is Sc1ccccc1C=C1C=CC=C1. The predicted molar refractivity (Wildman–Crippen MR) is 60.0 cm³/mol. The Labute approximate surface area is 83.7 Å². The lowest BCUT2D eigenvalue weighted by molar-refractivity contribution is 1.43. The fourth-order valence-corrected chi connectivity index (χ4v) is 1.50. The van der Waals surface area contributed by atoms with Gasteiger partial charge >= 0.3 is 0 Å². The Bertz CT molecular complexity index is 383. The van der Waals surface area contributed by atoms with Crippen molar-refractivity contribution in [3.05, 3.63) is 59.7 Å². The summed E-state index contributed by atoms with van der Waals surface area (Å²) in [5.74, 6) is 0. The Morgan fingerprint density at radius 2 is 1.69 bits per heavy atom. The maximum absolute atomic E-state index is 4.38. The predicted octanol–water partition coefficient (Wildman–Crippen LogP) is 3.48. The van der Waals surface area contributed by atoms with Crippen molar-refractivity contribution in [2.45, 2.75) is 4.90 Å². The Morgan fingerprint density at radius 3 is 2.38 bits per heavy atom. The van der Waals surface area contributed by atoms with E-state index in [2.05, 4.69) is 36.9 Å². The normalized spacial score (nSPS) is 13.8. The second-order valence-electron chi connectivity index (χ2n) is 2.92. The molecule has 0 saturated carbocycles. The van der Waals surface area contributed by atoms with Gasteiger partial charge < -0.3 is 0 Å². The molecule has 0 nitrogen and oxygen atoms in total. The first kappa shape index (κ1) is 8.39. The number of thiol groups is 1. The van der Waals surface area contributed by atoms with Crippen LogP contribution in [0.1, 0.15) is 5.56 Å². The van der Waals surface area contributed by atoms with E-state index in [0.717, 1.165) is 10.5 Å². The molecule has 0 amide bonds. The van der Waals surface area contributed by atoms with Gasteiger partial charge in [-0.2, -0.15) is 0 Å². The van der Waals surface area contributed by atoms with Crippen LogP contribution >= 0.6 is 12.6 Å². The minimum atomic E-state index is 1.02. The molecule has 0 heterocycles. The van der Waals surface area contributed by atoms with E-state index < -0.39 is 0 Å². The maximum Gasteiger partial charge on any atom is 0.0113 e. The molecule has 0 aromatic heterocycles. The lowest BCUT2D eigenvalue weighted by Crippen LogP contribution is -1.76. The number of rotatable bonds is 1. The molecule has 1 aromatic carbocycles. The highest BCUT2D eigenvalue weighted by Crippen LogP contribution is 2.18. The molecule has 1 heteroatoms. The minimum Gasteiger partial charge on any atom is -0.143 e. The number of hydrogen-bond acceptors (Lipinski definition) is 1. The van der Waals surface area contributed by atoms with Crippen molar-refractivity contribution >= 4 is 18.7 Å². The first-order valence-electron chi connectivity index (χ1n) is 4.21. The van der Waals surface area contributed by atoms with Gasteiger partial charge in [-0.25, -0.2) is 0 Å². The third kappa shape index (κ3) is 1.93. The van der Waals surface area contributed by atoms with E-state index in [0.29, 0.717) is 0 Å². The van der Waals surface area contributed by atoms with Gasteiger partial charge in [0.05, 0.1) is 0 Å². The smallest absolute Gasteiger partial charge is 0.0113 e. The standard InChI is InChI=1S/C12H10S/c13-12-8-4-3-7-11(12)9-10-5-1-2-6-10/h1-9,13H. The van der Waals surface area contributed by atoms with Gasteiger partial charge in [0.1, 0.15) is 0 Å². The lowest BCUT2D eigenvalue weighted by atomic mass is 10.1. The summed E-state index contributed by atoms with van der Waals surface area (Å²) < 4.78 is 0. The monoisotopic (exact) mass is 186 g/mol. The van der Waals surface area contributed by atoms with Crippen molar-refractivity contribution < 1.29 is 0 Å². The van der Waals surface area contributed by atoms with Crippen molar-refractivity contribution in [2.75, 3.05) is 0 Å². The van der Waals surface area contributed by atoms with Crippen molar-refractivity contribution in [3.8, 4) is 0 Å². The van der Waals surface area contributed by atoms with Gasteiger partial charge in [0.15, 0.2) is 0 Å². The van der Waals surface area contributed by atoms with E-state index in [1.54, 1.807) is 0 Å². The van der Waals surface area contributed by atoms with Crippen LogP contribution < -0.4 is 0 Å². The van der Waals surface area contributed by atoms with E-state index >= 15 is 0 Å². The molecule has 0 aliphatic heterocycles. The summed E-state index contributed by atoms with van der Waals surface area (Å²) in [5.41, 5.74) is 2.39. The van der Waals surface area contributed by atoms with Gasteiger partial charge in [-0.05, 0) is 23.3 Å². The third-order valence-corrected chi connectivity index (χ3v) is 2.35. The zero-order valence-corrected chi connectivity index (χ0v) is 8.04. The van der Waals surface area contributed by atoms with Crippen LogP contribution in [-0.2, 0) is 0 Å². The fourth-order valence-electron chi connectivity index (χ4n) is 1.27. The van der Waals surface area contributed by atoms with E-state index in [9.17, 15) is 0 Å². The summed E-state index contributed by atoms with van der Waals surface area (Å²) in [4.78, 5) is 1.02. The highest BCUT2D eigenvalue weighted by Gasteiger charge is 1.95. The van der Waals surface area contributed by atoms with Crippen LogP contribution in [0.15, 0.2) is 59.0 Å². The van der Waals surface area contributed by atoms with Gasteiger partial charge in [0.2, 0.25) is 0 Å². The van der Waals surface area contributed by atoms with Gasteiger partial charge in [-0.1, -0.05) is 42.5 Å². The summed E-state index contributed by atoms with van der Waals surface area (Å²) >= 11 is 4.38. The van der Waals surface area contributed by atoms with Crippen molar-refractivity contribution in [1.29, 1.82) is 0 Å². The van der Waals surface area contributed by atoms with Gasteiger partial charge in [-0.15, -0.1) is 12.6 Å². The molecule has 0 saturated heterocycles. The fraction of sp³-hybridized carbons (Fsp3) is 0. The van der Waals surface area contributed by atoms with Crippen LogP contribution in [-0.4, -0.2) is 0 Å². The second kappa shape index (κ2) is 3.67. The molecule has 0 unspecified atom stereocenters. The molecular formula is C12H10S. The average molecular weight is 186 g/mol. The van der Waals surface area contributed by atoms with Crippen molar-refractivity contribution in [3.63, 3.8) is 0 Å². The largest absolute Gasteiger partial charge is 0.143 e. The zero-order valence-electron chi connectivity index (χ0n) is 7.14. The van der Waals surface area contributed by atoms with Crippen LogP contribution in [0.4, 0.5) is 0 Å². The maximum atomic E-state index is 4.38. The first-order chi connectivity index (χ1) is 6.36. The van der Waals surface area contributed by atoms with E-state index in [4.69, 9.17) is 0 Å². The minimum absolute atomic E-state index is 1.02. The van der Waals surface area contributed by atoms with Gasteiger partial charge in [0, 0.05) is 4.90 Å². The molecule has 1 aliphatic carbocycles. The zero-order chi connectivity index (χ0) is 9.10. The topological polar surface area (TPSA) is 0 Å². The van der Waals surface area contributed by atoms with Crippen molar-refractivity contribution in [1.82, 2.24) is 0 Å². The molecule has 1 aliphatic rings. The number of hydrogen-bond donors (Lipinski definition) is 1. The highest BCUT2D eigenvalue weighted by molar-refractivity contribution is 7.80. The molecular weight excluding hydrogens is 176 g/mol. The Hall–Kier alpha value is -1.21. The molecule has 64 valence electrons. The van der Waals surface area contributed by atoms with Gasteiger partial charge in [0.25, 0.3) is 0 Å². The lowest BCUT2D eigenvalue weighted by Gasteiger charge is -1.98. The van der Waals surface area contributed by atoms with Crippen LogP contribution in [0.25, 0.3) is 6.08 Å². The van der Waals surface area contributed by atoms with E-state index in [-0.39, 0.29) is 0 Å². The molecule has 0 radical (unpaired) electrons.